The van der Waals surface area contributed by atoms with Crippen LogP contribution in [0.5, 0.6) is 0 Å². The van der Waals surface area contributed by atoms with Crippen molar-refractivity contribution in [1.29, 1.82) is 0 Å². The Kier molecular flexibility index (Phi) is 2.79. The van der Waals surface area contributed by atoms with Gasteiger partial charge in [-0.25, -0.2) is 4.39 Å². The molecule has 1 aliphatic rings. The molecule has 0 aliphatic carbocycles. The van der Waals surface area contributed by atoms with Gasteiger partial charge in [0.15, 0.2) is 0 Å². The first-order valence-electron chi connectivity index (χ1n) is 5.58. The van der Waals surface area contributed by atoms with E-state index in [-0.39, 0.29) is 5.92 Å². The highest BCUT2D eigenvalue weighted by molar-refractivity contribution is 5.31. The molecule has 2 rings (SSSR count). The van der Waals surface area contributed by atoms with Gasteiger partial charge in [-0.2, -0.15) is 0 Å². The quantitative estimate of drug-likeness (QED) is 0.786. The average molecular weight is 207 g/mol. The Bertz CT molecular complexity index is 340. The second-order valence-electron chi connectivity index (χ2n) is 4.58. The Morgan fingerprint density at radius 2 is 2.13 bits per heavy atom. The number of benzene rings is 1. The standard InChI is InChI=1S/C13H18FN/c1-10-5-3-4-6-12(10)13(2,14)11-7-8-15-9-11/h3-6,11,15H,7-9H2,1-2H3. The molecule has 2 unspecified atom stereocenters. The van der Waals surface area contributed by atoms with Crippen LogP contribution in [0.4, 0.5) is 4.39 Å². The third-order valence-corrected chi connectivity index (χ3v) is 3.50. The van der Waals surface area contributed by atoms with Crippen LogP contribution in [0.3, 0.4) is 0 Å². The fourth-order valence-corrected chi connectivity index (χ4v) is 2.46. The minimum Gasteiger partial charge on any atom is -0.316 e. The van der Waals surface area contributed by atoms with Gasteiger partial charge in [-0.3, -0.25) is 0 Å². The predicted molar refractivity (Wildman–Crippen MR) is 60.6 cm³/mol. The molecule has 1 N–H and O–H groups in total. The molecule has 0 aromatic heterocycles. The number of aryl methyl sites for hydroxylation is 1. The van der Waals surface area contributed by atoms with E-state index >= 15 is 0 Å². The lowest BCUT2D eigenvalue weighted by atomic mass is 9.82. The zero-order chi connectivity index (χ0) is 10.9. The maximum atomic E-state index is 14.7. The molecule has 1 aliphatic heterocycles. The minimum absolute atomic E-state index is 0.110. The van der Waals surface area contributed by atoms with Gasteiger partial charge in [0.25, 0.3) is 0 Å². The summed E-state index contributed by atoms with van der Waals surface area (Å²) in [5.41, 5.74) is 0.697. The number of nitrogens with one attached hydrogen (secondary N) is 1. The van der Waals surface area contributed by atoms with Gasteiger partial charge in [0.2, 0.25) is 0 Å². The van der Waals surface area contributed by atoms with Gasteiger partial charge in [-0.05, 0) is 37.9 Å². The van der Waals surface area contributed by atoms with Crippen molar-refractivity contribution in [3.63, 3.8) is 0 Å². The minimum atomic E-state index is -1.20. The Balaban J connectivity index is 2.31. The lowest BCUT2D eigenvalue weighted by Gasteiger charge is -2.28. The maximum Gasteiger partial charge on any atom is 0.137 e. The van der Waals surface area contributed by atoms with Crippen molar-refractivity contribution >= 4 is 0 Å². The molecule has 82 valence electrons. The van der Waals surface area contributed by atoms with Crippen LogP contribution >= 0.6 is 0 Å². The van der Waals surface area contributed by atoms with E-state index in [0.717, 1.165) is 30.6 Å². The summed E-state index contributed by atoms with van der Waals surface area (Å²) >= 11 is 0. The summed E-state index contributed by atoms with van der Waals surface area (Å²) in [6.07, 6.45) is 0.932. The summed E-state index contributed by atoms with van der Waals surface area (Å²) in [5, 5.41) is 3.23. The van der Waals surface area contributed by atoms with Crippen molar-refractivity contribution in [2.45, 2.75) is 25.9 Å². The Morgan fingerprint density at radius 1 is 1.40 bits per heavy atom. The first-order valence-corrected chi connectivity index (χ1v) is 5.58. The fourth-order valence-electron chi connectivity index (χ4n) is 2.46. The molecule has 1 aromatic rings. The normalized spacial score (nSPS) is 25.1. The third-order valence-electron chi connectivity index (χ3n) is 3.50. The van der Waals surface area contributed by atoms with Gasteiger partial charge in [0.1, 0.15) is 5.67 Å². The Labute approximate surface area is 90.7 Å². The summed E-state index contributed by atoms with van der Waals surface area (Å²) in [7, 11) is 0. The molecule has 1 saturated heterocycles. The highest BCUT2D eigenvalue weighted by atomic mass is 19.1. The predicted octanol–water partition coefficient (Wildman–Crippen LogP) is 2.79. The van der Waals surface area contributed by atoms with Gasteiger partial charge >= 0.3 is 0 Å². The zero-order valence-corrected chi connectivity index (χ0v) is 9.39. The van der Waals surface area contributed by atoms with Crippen LogP contribution in [0.25, 0.3) is 0 Å². The largest absolute Gasteiger partial charge is 0.316 e. The second kappa shape index (κ2) is 3.93. The molecular weight excluding hydrogens is 189 g/mol. The summed E-state index contributed by atoms with van der Waals surface area (Å²) in [5.74, 6) is 0.110. The molecule has 0 amide bonds. The lowest BCUT2D eigenvalue weighted by Crippen LogP contribution is -2.29. The molecule has 1 aromatic carbocycles. The van der Waals surface area contributed by atoms with E-state index in [9.17, 15) is 4.39 Å². The van der Waals surface area contributed by atoms with E-state index in [0.29, 0.717) is 0 Å². The van der Waals surface area contributed by atoms with Crippen molar-refractivity contribution in [3.05, 3.63) is 35.4 Å². The second-order valence-corrected chi connectivity index (χ2v) is 4.58. The smallest absolute Gasteiger partial charge is 0.137 e. The summed E-state index contributed by atoms with van der Waals surface area (Å²) in [6, 6.07) is 7.77. The molecule has 15 heavy (non-hydrogen) atoms. The Morgan fingerprint density at radius 3 is 2.73 bits per heavy atom. The zero-order valence-electron chi connectivity index (χ0n) is 9.39. The summed E-state index contributed by atoms with van der Waals surface area (Å²) < 4.78 is 14.7. The van der Waals surface area contributed by atoms with E-state index in [2.05, 4.69) is 5.32 Å². The molecule has 0 spiro atoms. The van der Waals surface area contributed by atoms with Crippen molar-refractivity contribution in [2.75, 3.05) is 13.1 Å². The molecular formula is C13H18FN. The van der Waals surface area contributed by atoms with Crippen LogP contribution in [0, 0.1) is 12.8 Å². The van der Waals surface area contributed by atoms with Gasteiger partial charge in [0.05, 0.1) is 0 Å². The van der Waals surface area contributed by atoms with Gasteiger partial charge in [-0.15, -0.1) is 0 Å². The summed E-state index contributed by atoms with van der Waals surface area (Å²) in [6.45, 7) is 5.43. The van der Waals surface area contributed by atoms with Crippen LogP contribution in [0.1, 0.15) is 24.5 Å². The Hall–Kier alpha value is -0.890. The first kappa shape index (κ1) is 10.6. The SMILES string of the molecule is Cc1ccccc1C(C)(F)C1CCNC1. The van der Waals surface area contributed by atoms with Crippen LogP contribution in [0.2, 0.25) is 0 Å². The number of hydrogen-bond donors (Lipinski definition) is 1. The molecule has 0 radical (unpaired) electrons. The monoisotopic (exact) mass is 207 g/mol. The van der Waals surface area contributed by atoms with E-state index in [1.165, 1.54) is 0 Å². The molecule has 0 bridgehead atoms. The first-order chi connectivity index (χ1) is 7.12. The van der Waals surface area contributed by atoms with Crippen LogP contribution < -0.4 is 5.32 Å². The van der Waals surface area contributed by atoms with Crippen molar-refractivity contribution in [3.8, 4) is 0 Å². The molecule has 2 heteroatoms. The number of alkyl halides is 1. The average Bonchev–Trinajstić information content (AvgIpc) is 2.71. The molecule has 1 fully saturated rings. The number of halogens is 1. The molecule has 2 atom stereocenters. The molecule has 1 heterocycles. The van der Waals surface area contributed by atoms with E-state index in [1.807, 2.05) is 31.2 Å². The van der Waals surface area contributed by atoms with Crippen molar-refractivity contribution in [2.24, 2.45) is 5.92 Å². The van der Waals surface area contributed by atoms with Crippen molar-refractivity contribution in [1.82, 2.24) is 5.32 Å². The summed E-state index contributed by atoms with van der Waals surface area (Å²) in [4.78, 5) is 0. The van der Waals surface area contributed by atoms with Gasteiger partial charge in [0, 0.05) is 12.5 Å². The highest BCUT2D eigenvalue weighted by Crippen LogP contribution is 2.38. The van der Waals surface area contributed by atoms with Crippen LogP contribution in [-0.2, 0) is 5.67 Å². The number of rotatable bonds is 2. The fraction of sp³-hybridized carbons (Fsp3) is 0.538. The van der Waals surface area contributed by atoms with Crippen LogP contribution in [0.15, 0.2) is 24.3 Å². The molecule has 1 nitrogen and oxygen atoms in total. The van der Waals surface area contributed by atoms with Gasteiger partial charge < -0.3 is 5.32 Å². The third kappa shape index (κ3) is 1.91. The van der Waals surface area contributed by atoms with E-state index in [4.69, 9.17) is 0 Å². The maximum absolute atomic E-state index is 14.7. The van der Waals surface area contributed by atoms with Crippen molar-refractivity contribution < 1.29 is 4.39 Å². The van der Waals surface area contributed by atoms with Gasteiger partial charge in [-0.1, -0.05) is 24.3 Å². The van der Waals surface area contributed by atoms with E-state index in [1.54, 1.807) is 6.92 Å². The highest BCUT2D eigenvalue weighted by Gasteiger charge is 2.38. The molecule has 0 saturated carbocycles. The topological polar surface area (TPSA) is 12.0 Å². The number of hydrogen-bond acceptors (Lipinski definition) is 1. The van der Waals surface area contributed by atoms with Crippen LogP contribution in [-0.4, -0.2) is 13.1 Å². The lowest BCUT2D eigenvalue weighted by molar-refractivity contribution is 0.111. The van der Waals surface area contributed by atoms with E-state index < -0.39 is 5.67 Å².